The van der Waals surface area contributed by atoms with Crippen molar-refractivity contribution in [2.24, 2.45) is 0 Å². The van der Waals surface area contributed by atoms with Crippen molar-refractivity contribution in [3.63, 3.8) is 0 Å². The maximum absolute atomic E-state index is 10.0. The van der Waals surface area contributed by atoms with Gasteiger partial charge in [-0.15, -0.1) is 0 Å². The Balaban J connectivity index is 1.82. The molecule has 1 aromatic heterocycles. The molecular weight excluding hydrogens is 362 g/mol. The SMILES string of the molecule is CC1(C)CC(C#N)(Nc2nc(Cl)nc(NC3CCCCC3)n2)CC(C)(C)N1. The predicted octanol–water partition coefficient (Wildman–Crippen LogP) is 3.88. The van der Waals surface area contributed by atoms with Gasteiger partial charge < -0.3 is 16.0 Å². The van der Waals surface area contributed by atoms with Gasteiger partial charge in [-0.2, -0.15) is 20.2 Å². The molecule has 7 nitrogen and oxygen atoms in total. The lowest BCUT2D eigenvalue weighted by Crippen LogP contribution is -2.65. The normalized spacial score (nSPS) is 24.0. The zero-order valence-electron chi connectivity index (χ0n) is 16.7. The van der Waals surface area contributed by atoms with Gasteiger partial charge in [0.05, 0.1) is 6.07 Å². The first-order valence-electron chi connectivity index (χ1n) is 9.77. The number of nitrogens with one attached hydrogen (secondary N) is 3. The Morgan fingerprint density at radius 3 is 2.19 bits per heavy atom. The molecule has 2 heterocycles. The zero-order chi connectivity index (χ0) is 19.7. The molecular formula is C19H30ClN7. The van der Waals surface area contributed by atoms with Gasteiger partial charge in [0.15, 0.2) is 0 Å². The van der Waals surface area contributed by atoms with Crippen molar-refractivity contribution < 1.29 is 0 Å². The highest BCUT2D eigenvalue weighted by Gasteiger charge is 2.48. The number of anilines is 2. The third-order valence-electron chi connectivity index (χ3n) is 5.28. The molecule has 0 aromatic carbocycles. The molecule has 0 amide bonds. The number of hydrogen-bond donors (Lipinski definition) is 3. The number of rotatable bonds is 4. The fourth-order valence-corrected chi connectivity index (χ4v) is 5.05. The number of hydrogen-bond acceptors (Lipinski definition) is 7. The number of nitriles is 1. The predicted molar refractivity (Wildman–Crippen MR) is 108 cm³/mol. The Morgan fingerprint density at radius 2 is 1.59 bits per heavy atom. The molecule has 3 N–H and O–H groups in total. The second kappa shape index (κ2) is 7.40. The second-order valence-electron chi connectivity index (χ2n) is 9.30. The van der Waals surface area contributed by atoms with Crippen LogP contribution in [0.25, 0.3) is 0 Å². The Hall–Kier alpha value is -1.65. The molecule has 2 fully saturated rings. The van der Waals surface area contributed by atoms with Gasteiger partial charge in [0, 0.05) is 30.0 Å². The van der Waals surface area contributed by atoms with E-state index in [1.54, 1.807) is 0 Å². The summed E-state index contributed by atoms with van der Waals surface area (Å²) in [6.07, 6.45) is 7.22. The highest BCUT2D eigenvalue weighted by Crippen LogP contribution is 2.37. The van der Waals surface area contributed by atoms with Crippen LogP contribution < -0.4 is 16.0 Å². The van der Waals surface area contributed by atoms with E-state index in [-0.39, 0.29) is 16.4 Å². The van der Waals surface area contributed by atoms with E-state index in [1.807, 2.05) is 0 Å². The van der Waals surface area contributed by atoms with Gasteiger partial charge in [0.25, 0.3) is 0 Å². The number of aromatic nitrogens is 3. The Kier molecular flexibility index (Phi) is 5.51. The highest BCUT2D eigenvalue weighted by molar-refractivity contribution is 6.28. The van der Waals surface area contributed by atoms with Gasteiger partial charge in [-0.25, -0.2) is 0 Å². The van der Waals surface area contributed by atoms with Crippen LogP contribution in [-0.4, -0.2) is 37.6 Å². The summed E-state index contributed by atoms with van der Waals surface area (Å²) in [5, 5.41) is 20.4. The minimum absolute atomic E-state index is 0.131. The highest BCUT2D eigenvalue weighted by atomic mass is 35.5. The van der Waals surface area contributed by atoms with E-state index in [9.17, 15) is 5.26 Å². The van der Waals surface area contributed by atoms with Gasteiger partial charge >= 0.3 is 0 Å². The molecule has 0 radical (unpaired) electrons. The molecule has 1 saturated carbocycles. The van der Waals surface area contributed by atoms with Gasteiger partial charge in [-0.1, -0.05) is 19.3 Å². The molecule has 3 rings (SSSR count). The van der Waals surface area contributed by atoms with Gasteiger partial charge in [0.2, 0.25) is 17.2 Å². The van der Waals surface area contributed by atoms with Crippen LogP contribution in [0.4, 0.5) is 11.9 Å². The van der Waals surface area contributed by atoms with E-state index in [4.69, 9.17) is 11.6 Å². The van der Waals surface area contributed by atoms with Crippen LogP contribution in [-0.2, 0) is 0 Å². The molecule has 1 aliphatic carbocycles. The molecule has 27 heavy (non-hydrogen) atoms. The van der Waals surface area contributed by atoms with Gasteiger partial charge in [-0.05, 0) is 52.1 Å². The summed E-state index contributed by atoms with van der Waals surface area (Å²) in [6, 6.07) is 2.85. The molecule has 1 saturated heterocycles. The average molecular weight is 392 g/mol. The van der Waals surface area contributed by atoms with Gasteiger partial charge in [-0.3, -0.25) is 0 Å². The Morgan fingerprint density at radius 1 is 1.00 bits per heavy atom. The van der Waals surface area contributed by atoms with Crippen LogP contribution in [0.2, 0.25) is 5.28 Å². The topological polar surface area (TPSA) is 98.5 Å². The lowest BCUT2D eigenvalue weighted by molar-refractivity contribution is 0.143. The number of halogens is 1. The summed E-state index contributed by atoms with van der Waals surface area (Å²) in [5.41, 5.74) is -1.15. The Labute approximate surface area is 166 Å². The fourth-order valence-electron chi connectivity index (χ4n) is 4.89. The van der Waals surface area contributed by atoms with Crippen LogP contribution in [0.5, 0.6) is 0 Å². The van der Waals surface area contributed by atoms with Crippen molar-refractivity contribution in [1.82, 2.24) is 20.3 Å². The summed E-state index contributed by atoms with van der Waals surface area (Å²) in [7, 11) is 0. The lowest BCUT2D eigenvalue weighted by atomic mass is 9.71. The van der Waals surface area contributed by atoms with E-state index in [0.29, 0.717) is 30.8 Å². The molecule has 0 atom stereocenters. The van der Waals surface area contributed by atoms with Crippen LogP contribution >= 0.6 is 11.6 Å². The third-order valence-corrected chi connectivity index (χ3v) is 5.44. The van der Waals surface area contributed by atoms with E-state index in [2.05, 4.69) is 64.7 Å². The van der Waals surface area contributed by atoms with Crippen LogP contribution in [0.15, 0.2) is 0 Å². The largest absolute Gasteiger partial charge is 0.351 e. The number of piperidine rings is 1. The molecule has 8 heteroatoms. The maximum atomic E-state index is 10.0. The monoisotopic (exact) mass is 391 g/mol. The average Bonchev–Trinajstić information content (AvgIpc) is 2.52. The lowest BCUT2D eigenvalue weighted by Gasteiger charge is -2.50. The molecule has 2 aliphatic rings. The van der Waals surface area contributed by atoms with E-state index in [1.165, 1.54) is 19.3 Å². The first-order chi connectivity index (χ1) is 12.6. The van der Waals surface area contributed by atoms with Crippen LogP contribution in [0, 0.1) is 11.3 Å². The summed E-state index contributed by atoms with van der Waals surface area (Å²) >= 11 is 6.15. The molecule has 1 aliphatic heterocycles. The number of nitrogens with zero attached hydrogens (tertiary/aromatic N) is 4. The summed E-state index contributed by atoms with van der Waals surface area (Å²) in [5.74, 6) is 0.827. The van der Waals surface area contributed by atoms with Gasteiger partial charge in [0.1, 0.15) is 5.54 Å². The van der Waals surface area contributed by atoms with Crippen molar-refractivity contribution in [3.8, 4) is 6.07 Å². The maximum Gasteiger partial charge on any atom is 0.230 e. The van der Waals surface area contributed by atoms with Crippen molar-refractivity contribution in [2.75, 3.05) is 10.6 Å². The second-order valence-corrected chi connectivity index (χ2v) is 9.63. The zero-order valence-corrected chi connectivity index (χ0v) is 17.4. The third kappa shape index (κ3) is 5.20. The Bertz CT molecular complexity index is 703. The summed E-state index contributed by atoms with van der Waals surface area (Å²) < 4.78 is 0. The standard InChI is InChI=1S/C19H30ClN7/c1-17(2)10-19(12-21,11-18(3,4)27-17)26-16-24-14(20)23-15(25-16)22-13-8-6-5-7-9-13/h13,27H,5-11H2,1-4H3,(H2,22,23,24,25,26). The molecule has 0 bridgehead atoms. The first kappa shape index (κ1) is 20.1. The van der Waals surface area contributed by atoms with Crippen molar-refractivity contribution in [3.05, 3.63) is 5.28 Å². The molecule has 148 valence electrons. The minimum atomic E-state index is -0.773. The van der Waals surface area contributed by atoms with Crippen molar-refractivity contribution in [2.45, 2.75) is 95.3 Å². The molecule has 0 spiro atoms. The minimum Gasteiger partial charge on any atom is -0.351 e. The van der Waals surface area contributed by atoms with E-state index >= 15 is 0 Å². The van der Waals surface area contributed by atoms with Crippen molar-refractivity contribution >= 4 is 23.5 Å². The van der Waals surface area contributed by atoms with Crippen LogP contribution in [0.3, 0.4) is 0 Å². The summed E-state index contributed by atoms with van der Waals surface area (Å²) in [6.45, 7) is 8.44. The van der Waals surface area contributed by atoms with E-state index < -0.39 is 5.54 Å². The molecule has 0 unspecified atom stereocenters. The smallest absolute Gasteiger partial charge is 0.230 e. The fraction of sp³-hybridized carbons (Fsp3) is 0.789. The summed E-state index contributed by atoms with van der Waals surface area (Å²) in [4.78, 5) is 13.0. The van der Waals surface area contributed by atoms with Crippen molar-refractivity contribution in [1.29, 1.82) is 5.26 Å². The molecule has 1 aromatic rings. The quantitative estimate of drug-likeness (QED) is 0.716. The first-order valence-corrected chi connectivity index (χ1v) is 10.2. The van der Waals surface area contributed by atoms with E-state index in [0.717, 1.165) is 12.8 Å². The van der Waals surface area contributed by atoms with Crippen LogP contribution in [0.1, 0.15) is 72.6 Å².